The molecule has 1 aromatic heterocycles. The first-order chi connectivity index (χ1) is 9.57. The maximum Gasteiger partial charge on any atom is 0.140 e. The van der Waals surface area contributed by atoms with Crippen molar-refractivity contribution >= 4 is 17.4 Å². The van der Waals surface area contributed by atoms with Crippen molar-refractivity contribution in [2.75, 3.05) is 19.6 Å². The van der Waals surface area contributed by atoms with Gasteiger partial charge in [-0.2, -0.15) is 5.10 Å². The van der Waals surface area contributed by atoms with E-state index in [2.05, 4.69) is 23.8 Å². The van der Waals surface area contributed by atoms with Crippen molar-refractivity contribution in [3.8, 4) is 0 Å². The van der Waals surface area contributed by atoms with Crippen LogP contribution in [0.2, 0.25) is 5.02 Å². The van der Waals surface area contributed by atoms with Crippen molar-refractivity contribution in [3.05, 3.63) is 16.4 Å². The van der Waals surface area contributed by atoms with Gasteiger partial charge >= 0.3 is 0 Å². The molecule has 0 unspecified atom stereocenters. The van der Waals surface area contributed by atoms with Crippen LogP contribution in [0, 0.1) is 0 Å². The van der Waals surface area contributed by atoms with E-state index in [1.807, 2.05) is 18.5 Å². The maximum absolute atomic E-state index is 12.1. The summed E-state index contributed by atoms with van der Waals surface area (Å²) >= 11 is 6.32. The highest BCUT2D eigenvalue weighted by Gasteiger charge is 2.17. The molecule has 0 aliphatic carbocycles. The third kappa shape index (κ3) is 4.32. The standard InChI is InChI=1S/C15H26ClN3O/c1-5-13-15(16)14(19(8-4)17-13)11-12(20)9-10-18(6-2)7-3/h5-11H2,1-4H3. The zero-order valence-corrected chi connectivity index (χ0v) is 13.8. The van der Waals surface area contributed by atoms with Gasteiger partial charge in [0.25, 0.3) is 0 Å². The molecule has 0 aliphatic rings. The molecule has 0 atom stereocenters. The van der Waals surface area contributed by atoms with Gasteiger partial charge in [-0.15, -0.1) is 0 Å². The highest BCUT2D eigenvalue weighted by atomic mass is 35.5. The fourth-order valence-electron chi connectivity index (χ4n) is 2.28. The Kier molecular flexibility index (Phi) is 7.24. The molecule has 1 heterocycles. The number of hydrogen-bond donors (Lipinski definition) is 0. The zero-order chi connectivity index (χ0) is 15.1. The lowest BCUT2D eigenvalue weighted by Crippen LogP contribution is -2.26. The Hall–Kier alpha value is -0.870. The topological polar surface area (TPSA) is 38.1 Å². The van der Waals surface area contributed by atoms with Crippen molar-refractivity contribution in [3.63, 3.8) is 0 Å². The molecule has 1 aromatic rings. The molecule has 0 aliphatic heterocycles. The molecule has 0 fully saturated rings. The second-order valence-electron chi connectivity index (χ2n) is 4.87. The Morgan fingerprint density at radius 2 is 1.90 bits per heavy atom. The third-order valence-corrected chi connectivity index (χ3v) is 4.10. The third-order valence-electron chi connectivity index (χ3n) is 3.66. The lowest BCUT2D eigenvalue weighted by atomic mass is 10.1. The monoisotopic (exact) mass is 299 g/mol. The molecular weight excluding hydrogens is 274 g/mol. The van der Waals surface area contributed by atoms with Gasteiger partial charge in [-0.25, -0.2) is 0 Å². The van der Waals surface area contributed by atoms with Gasteiger partial charge in [0.15, 0.2) is 0 Å². The van der Waals surface area contributed by atoms with E-state index in [4.69, 9.17) is 11.6 Å². The first-order valence-electron chi connectivity index (χ1n) is 7.55. The van der Waals surface area contributed by atoms with Crippen LogP contribution in [-0.2, 0) is 24.2 Å². The maximum atomic E-state index is 12.1. The van der Waals surface area contributed by atoms with E-state index < -0.39 is 0 Å². The summed E-state index contributed by atoms with van der Waals surface area (Å²) < 4.78 is 1.86. The number of nitrogens with zero attached hydrogens (tertiary/aromatic N) is 3. The molecule has 0 bridgehead atoms. The zero-order valence-electron chi connectivity index (χ0n) is 13.1. The van der Waals surface area contributed by atoms with Crippen LogP contribution in [0.1, 0.15) is 45.5 Å². The Balaban J connectivity index is 2.68. The smallest absolute Gasteiger partial charge is 0.140 e. The summed E-state index contributed by atoms with van der Waals surface area (Å²) in [4.78, 5) is 14.4. The summed E-state index contributed by atoms with van der Waals surface area (Å²) in [6.07, 6.45) is 1.77. The number of rotatable bonds is 9. The fraction of sp³-hybridized carbons (Fsp3) is 0.733. The average Bonchev–Trinajstić information content (AvgIpc) is 2.76. The first-order valence-corrected chi connectivity index (χ1v) is 7.93. The van der Waals surface area contributed by atoms with Crippen molar-refractivity contribution in [2.45, 2.75) is 53.5 Å². The van der Waals surface area contributed by atoms with Crippen molar-refractivity contribution in [1.82, 2.24) is 14.7 Å². The normalized spacial score (nSPS) is 11.3. The minimum atomic E-state index is 0.232. The molecule has 4 nitrogen and oxygen atoms in total. The minimum Gasteiger partial charge on any atom is -0.303 e. The molecule has 0 aromatic carbocycles. The van der Waals surface area contributed by atoms with Gasteiger partial charge in [-0.05, 0) is 26.4 Å². The number of hydrogen-bond acceptors (Lipinski definition) is 3. The van der Waals surface area contributed by atoms with E-state index in [0.717, 1.165) is 44.0 Å². The lowest BCUT2D eigenvalue weighted by Gasteiger charge is -2.17. The molecule has 0 N–H and O–H groups in total. The van der Waals surface area contributed by atoms with Crippen LogP contribution in [-0.4, -0.2) is 40.1 Å². The van der Waals surface area contributed by atoms with Crippen LogP contribution in [0.5, 0.6) is 0 Å². The largest absolute Gasteiger partial charge is 0.303 e. The molecule has 0 radical (unpaired) electrons. The summed E-state index contributed by atoms with van der Waals surface area (Å²) in [5.74, 6) is 0.232. The van der Waals surface area contributed by atoms with Crippen LogP contribution in [0.4, 0.5) is 0 Å². The van der Waals surface area contributed by atoms with Crippen molar-refractivity contribution in [1.29, 1.82) is 0 Å². The predicted octanol–water partition coefficient (Wildman–Crippen LogP) is 2.96. The summed E-state index contributed by atoms with van der Waals surface area (Å²) in [6.45, 7) is 11.8. The van der Waals surface area contributed by atoms with Gasteiger partial charge < -0.3 is 4.90 Å². The van der Waals surface area contributed by atoms with Gasteiger partial charge in [0, 0.05) is 25.9 Å². The number of Topliss-reactive ketones (excluding diaryl/α,β-unsaturated/α-hetero) is 1. The molecule has 114 valence electrons. The van der Waals surface area contributed by atoms with E-state index in [9.17, 15) is 4.79 Å². The summed E-state index contributed by atoms with van der Waals surface area (Å²) in [6, 6.07) is 0. The highest BCUT2D eigenvalue weighted by Crippen LogP contribution is 2.22. The summed E-state index contributed by atoms with van der Waals surface area (Å²) in [5, 5.41) is 5.12. The van der Waals surface area contributed by atoms with Gasteiger partial charge in [0.2, 0.25) is 0 Å². The van der Waals surface area contributed by atoms with E-state index in [-0.39, 0.29) is 5.78 Å². The number of aryl methyl sites for hydroxylation is 2. The second kappa shape index (κ2) is 8.42. The van der Waals surface area contributed by atoms with Crippen molar-refractivity contribution in [2.24, 2.45) is 0 Å². The molecule has 0 saturated carbocycles. The van der Waals surface area contributed by atoms with Gasteiger partial charge in [0.05, 0.1) is 16.4 Å². The summed E-state index contributed by atoms with van der Waals surface area (Å²) in [5.41, 5.74) is 1.76. The van der Waals surface area contributed by atoms with Crippen LogP contribution in [0.25, 0.3) is 0 Å². The molecule has 0 spiro atoms. The highest BCUT2D eigenvalue weighted by molar-refractivity contribution is 6.32. The van der Waals surface area contributed by atoms with E-state index in [1.54, 1.807) is 0 Å². The molecule has 20 heavy (non-hydrogen) atoms. The molecular formula is C15H26ClN3O. The van der Waals surface area contributed by atoms with Gasteiger partial charge in [-0.1, -0.05) is 32.4 Å². The fourth-order valence-corrected chi connectivity index (χ4v) is 2.62. The Morgan fingerprint density at radius 1 is 1.25 bits per heavy atom. The number of aromatic nitrogens is 2. The molecule has 5 heteroatoms. The van der Waals surface area contributed by atoms with E-state index >= 15 is 0 Å². The first kappa shape index (κ1) is 17.2. The number of ketones is 1. The quantitative estimate of drug-likeness (QED) is 0.703. The van der Waals surface area contributed by atoms with Crippen LogP contribution in [0.3, 0.4) is 0 Å². The van der Waals surface area contributed by atoms with E-state index in [1.165, 1.54) is 0 Å². The van der Waals surface area contributed by atoms with Crippen LogP contribution < -0.4 is 0 Å². The second-order valence-corrected chi connectivity index (χ2v) is 5.25. The van der Waals surface area contributed by atoms with Crippen LogP contribution in [0.15, 0.2) is 0 Å². The van der Waals surface area contributed by atoms with E-state index in [0.29, 0.717) is 17.9 Å². The molecule has 0 saturated heterocycles. The molecule has 1 rings (SSSR count). The van der Waals surface area contributed by atoms with Crippen molar-refractivity contribution < 1.29 is 4.79 Å². The SMILES string of the molecule is CCc1nn(CC)c(CC(=O)CCN(CC)CC)c1Cl. The van der Waals surface area contributed by atoms with Gasteiger partial charge in [0.1, 0.15) is 5.78 Å². The Bertz CT molecular complexity index is 439. The predicted molar refractivity (Wildman–Crippen MR) is 83.4 cm³/mol. The number of halogens is 1. The van der Waals surface area contributed by atoms with Crippen LogP contribution >= 0.6 is 11.6 Å². The minimum absolute atomic E-state index is 0.232. The Morgan fingerprint density at radius 3 is 2.40 bits per heavy atom. The van der Waals surface area contributed by atoms with Gasteiger partial charge in [-0.3, -0.25) is 9.48 Å². The number of carbonyl (C=O) groups is 1. The lowest BCUT2D eigenvalue weighted by molar-refractivity contribution is -0.118. The summed E-state index contributed by atoms with van der Waals surface area (Å²) in [7, 11) is 0. The molecule has 0 amide bonds. The average molecular weight is 300 g/mol. The number of carbonyl (C=O) groups excluding carboxylic acids is 1. The Labute approximate surface area is 127 Å².